The second-order valence-electron chi connectivity index (χ2n) is 13.6. The van der Waals surface area contributed by atoms with Gasteiger partial charge in [0, 0.05) is 0 Å². The van der Waals surface area contributed by atoms with Gasteiger partial charge in [-0.1, -0.05) is 0 Å². The Balaban J connectivity index is 5.19. The standard InChI is InChI=1S/3C11H22O2.C6H13.Sn/c3*1-2-3-4-5-6-7-8-9-10-11(12)13;1-3-5-6-4-2;/h3*2-10H2,1H3,(H,12,13);1,3-6H2,2H3;/q;;;;+3/p-3. The summed E-state index contributed by atoms with van der Waals surface area (Å²) in [6.07, 6.45) is 32.0. The van der Waals surface area contributed by atoms with Crippen molar-refractivity contribution >= 4 is 37.5 Å². The van der Waals surface area contributed by atoms with E-state index in [9.17, 15) is 14.4 Å². The molecule has 0 aromatic carbocycles. The molecule has 0 N–H and O–H groups in total. The predicted octanol–water partition coefficient (Wildman–Crippen LogP) is 12.7. The number of carbonyl (C=O) groups is 3. The zero-order valence-electron chi connectivity index (χ0n) is 31.1. The summed E-state index contributed by atoms with van der Waals surface area (Å²) in [5, 5.41) is 0. The van der Waals surface area contributed by atoms with Gasteiger partial charge in [0.2, 0.25) is 0 Å². The first-order chi connectivity index (χ1) is 22.4. The van der Waals surface area contributed by atoms with Crippen molar-refractivity contribution in [2.45, 2.75) is 231 Å². The molecule has 0 heterocycles. The van der Waals surface area contributed by atoms with Crippen LogP contribution in [0.3, 0.4) is 0 Å². The second kappa shape index (κ2) is 34.1. The minimum atomic E-state index is -4.82. The fourth-order valence-corrected chi connectivity index (χ4v) is 12.9. The molecule has 0 amide bonds. The van der Waals surface area contributed by atoms with Crippen molar-refractivity contribution in [2.75, 3.05) is 0 Å². The van der Waals surface area contributed by atoms with Crippen LogP contribution in [-0.4, -0.2) is 37.5 Å². The Morgan fingerprint density at radius 3 is 0.804 bits per heavy atom. The molecule has 0 bridgehead atoms. The van der Waals surface area contributed by atoms with Crippen molar-refractivity contribution in [3.63, 3.8) is 0 Å². The molecule has 0 aliphatic rings. The van der Waals surface area contributed by atoms with E-state index >= 15 is 0 Å². The van der Waals surface area contributed by atoms with Crippen molar-refractivity contribution in [1.29, 1.82) is 0 Å². The van der Waals surface area contributed by atoms with Gasteiger partial charge in [0.05, 0.1) is 0 Å². The third-order valence-corrected chi connectivity index (χ3v) is 16.2. The molecule has 0 aromatic rings. The van der Waals surface area contributed by atoms with Crippen LogP contribution < -0.4 is 0 Å². The normalized spacial score (nSPS) is 11.5. The van der Waals surface area contributed by atoms with Gasteiger partial charge in [-0.2, -0.15) is 0 Å². The SMILES string of the molecule is CCCCCCCCCCC(=O)[O][Sn]([CH2]CCCCC)([O]C(=O)CCCCCCCCCC)[O]C(=O)CCCCCCCCCC. The van der Waals surface area contributed by atoms with Gasteiger partial charge in [0.1, 0.15) is 0 Å². The van der Waals surface area contributed by atoms with Crippen LogP contribution in [0.1, 0.15) is 227 Å². The van der Waals surface area contributed by atoms with Gasteiger partial charge in [0.15, 0.2) is 0 Å². The van der Waals surface area contributed by atoms with Crippen molar-refractivity contribution in [1.82, 2.24) is 0 Å². The molecule has 46 heavy (non-hydrogen) atoms. The maximum absolute atomic E-state index is 13.1. The van der Waals surface area contributed by atoms with Gasteiger partial charge in [-0.3, -0.25) is 0 Å². The molecule has 0 saturated heterocycles. The Bertz CT molecular complexity index is 629. The number of rotatable bonds is 35. The van der Waals surface area contributed by atoms with E-state index < -0.39 is 19.6 Å². The van der Waals surface area contributed by atoms with E-state index in [0.717, 1.165) is 83.5 Å². The predicted molar refractivity (Wildman–Crippen MR) is 195 cm³/mol. The molecular weight excluding hydrogens is 683 g/mol. The first-order valence-corrected chi connectivity index (χ1v) is 25.6. The van der Waals surface area contributed by atoms with E-state index in [4.69, 9.17) is 9.22 Å². The number of carbonyl (C=O) groups excluding carboxylic acids is 3. The summed E-state index contributed by atoms with van der Waals surface area (Å²) < 4.78 is 18.6. The molecule has 7 heteroatoms. The molecule has 6 nitrogen and oxygen atoms in total. The van der Waals surface area contributed by atoms with Crippen molar-refractivity contribution in [3.8, 4) is 0 Å². The molecule has 0 fully saturated rings. The summed E-state index contributed by atoms with van der Waals surface area (Å²) in [6.45, 7) is 8.82. The Labute approximate surface area is 291 Å². The van der Waals surface area contributed by atoms with Crippen molar-refractivity contribution in [2.24, 2.45) is 0 Å². The van der Waals surface area contributed by atoms with E-state index in [-0.39, 0.29) is 37.2 Å². The van der Waals surface area contributed by atoms with Gasteiger partial charge in [-0.05, 0) is 0 Å². The Kier molecular flexibility index (Phi) is 33.5. The third kappa shape index (κ3) is 29.4. The third-order valence-electron chi connectivity index (χ3n) is 8.85. The molecule has 0 spiro atoms. The molecule has 0 aliphatic carbocycles. The van der Waals surface area contributed by atoms with Crippen LogP contribution in [0.15, 0.2) is 0 Å². The second-order valence-corrected chi connectivity index (χ2v) is 20.7. The molecule has 0 saturated carbocycles. The van der Waals surface area contributed by atoms with Crippen molar-refractivity contribution < 1.29 is 23.6 Å². The van der Waals surface area contributed by atoms with Crippen LogP contribution in [0.4, 0.5) is 0 Å². The maximum atomic E-state index is 13.1. The zero-order chi connectivity index (χ0) is 34.0. The first kappa shape index (κ1) is 45.2. The quantitative estimate of drug-likeness (QED) is 0.0473. The van der Waals surface area contributed by atoms with Crippen LogP contribution in [0, 0.1) is 0 Å². The van der Waals surface area contributed by atoms with Gasteiger partial charge >= 0.3 is 292 Å². The van der Waals surface area contributed by atoms with E-state index in [1.807, 2.05) is 0 Å². The summed E-state index contributed by atoms with van der Waals surface area (Å²) in [5.41, 5.74) is 0. The molecule has 0 atom stereocenters. The number of hydrogen-bond donors (Lipinski definition) is 0. The van der Waals surface area contributed by atoms with Crippen LogP contribution in [0.25, 0.3) is 0 Å². The van der Waals surface area contributed by atoms with Crippen LogP contribution >= 0.6 is 0 Å². The van der Waals surface area contributed by atoms with Crippen LogP contribution in [0.2, 0.25) is 4.44 Å². The summed E-state index contributed by atoms with van der Waals surface area (Å²) in [4.78, 5) is 39.4. The van der Waals surface area contributed by atoms with Crippen LogP contribution in [0.5, 0.6) is 0 Å². The Morgan fingerprint density at radius 1 is 0.326 bits per heavy atom. The van der Waals surface area contributed by atoms with E-state index in [1.165, 1.54) is 96.3 Å². The molecule has 0 rings (SSSR count). The van der Waals surface area contributed by atoms with Crippen molar-refractivity contribution in [3.05, 3.63) is 0 Å². The van der Waals surface area contributed by atoms with Gasteiger partial charge in [-0.15, -0.1) is 0 Å². The van der Waals surface area contributed by atoms with Gasteiger partial charge < -0.3 is 0 Å². The van der Waals surface area contributed by atoms with Gasteiger partial charge in [-0.25, -0.2) is 0 Å². The van der Waals surface area contributed by atoms with Crippen LogP contribution in [-0.2, 0) is 23.6 Å². The fourth-order valence-electron chi connectivity index (χ4n) is 5.87. The monoisotopic (exact) mass is 760 g/mol. The molecule has 0 aliphatic heterocycles. The summed E-state index contributed by atoms with van der Waals surface area (Å²) >= 11 is -4.82. The number of unbranched alkanes of at least 4 members (excludes halogenated alkanes) is 24. The first-order valence-electron chi connectivity index (χ1n) is 20.1. The fraction of sp³-hybridized carbons (Fsp3) is 0.923. The molecule has 272 valence electrons. The zero-order valence-corrected chi connectivity index (χ0v) is 33.9. The molecular formula is C39H76O6Sn. The topological polar surface area (TPSA) is 78.9 Å². The number of hydrogen-bond acceptors (Lipinski definition) is 6. The Hall–Kier alpha value is -0.791. The Morgan fingerprint density at radius 2 is 0.543 bits per heavy atom. The van der Waals surface area contributed by atoms with Gasteiger partial charge in [0.25, 0.3) is 0 Å². The molecule has 0 unspecified atom stereocenters. The summed E-state index contributed by atoms with van der Waals surface area (Å²) in [7, 11) is 0. The van der Waals surface area contributed by atoms with E-state index in [0.29, 0.717) is 4.44 Å². The van der Waals surface area contributed by atoms with E-state index in [2.05, 4.69) is 27.7 Å². The summed E-state index contributed by atoms with van der Waals surface area (Å²) in [6, 6.07) is 0. The summed E-state index contributed by atoms with van der Waals surface area (Å²) in [5.74, 6) is -1.09. The average Bonchev–Trinajstić information content (AvgIpc) is 3.03. The minimum absolute atomic E-state index is 0.285. The average molecular weight is 760 g/mol. The van der Waals surface area contributed by atoms with E-state index in [1.54, 1.807) is 0 Å². The molecule has 0 aromatic heterocycles. The molecule has 0 radical (unpaired) electrons.